The molecule has 196 valence electrons. The number of fused-ring (bicyclic) bond motifs is 1. The highest BCUT2D eigenvalue weighted by atomic mass is 16.5. The zero-order chi connectivity index (χ0) is 26.8. The first kappa shape index (κ1) is 24.0. The van der Waals surface area contributed by atoms with E-state index in [2.05, 4.69) is 35.7 Å². The molecule has 0 radical (unpaired) electrons. The maximum Gasteiger partial charge on any atom is 0.407 e. The molecule has 1 saturated heterocycles. The Bertz CT molecular complexity index is 1640. The number of carbonyl (C=O) groups is 2. The Balaban J connectivity index is 1.33. The average molecular weight is 527 g/mol. The highest BCUT2D eigenvalue weighted by Gasteiger charge is 2.25. The molecule has 0 saturated carbocycles. The lowest BCUT2D eigenvalue weighted by Crippen LogP contribution is -2.41. The number of carbonyl (C=O) groups excluding carboxylic acids is 1. The van der Waals surface area contributed by atoms with Gasteiger partial charge in [0.05, 0.1) is 11.7 Å². The molecular formula is C26H22N8O5. The van der Waals surface area contributed by atoms with Crippen LogP contribution < -0.4 is 10.1 Å². The van der Waals surface area contributed by atoms with Crippen molar-refractivity contribution >= 4 is 34.9 Å². The summed E-state index contributed by atoms with van der Waals surface area (Å²) in [6.45, 7) is 0.742. The lowest BCUT2D eigenvalue weighted by Gasteiger charge is -2.30. The number of nitrogens with one attached hydrogen (secondary N) is 2. The molecule has 3 N–H and O–H groups in total. The molecule has 13 nitrogen and oxygen atoms in total. The number of aldehydes is 1. The van der Waals surface area contributed by atoms with Gasteiger partial charge in [0, 0.05) is 60.4 Å². The lowest BCUT2D eigenvalue weighted by atomic mass is 10.0. The third kappa shape index (κ3) is 4.97. The van der Waals surface area contributed by atoms with Gasteiger partial charge in [-0.1, -0.05) is 12.1 Å². The van der Waals surface area contributed by atoms with Gasteiger partial charge in [0.1, 0.15) is 17.5 Å². The van der Waals surface area contributed by atoms with Crippen LogP contribution in [0.2, 0.25) is 0 Å². The number of hydrogen-bond acceptors (Lipinski definition) is 10. The smallest absolute Gasteiger partial charge is 0.407 e. The summed E-state index contributed by atoms with van der Waals surface area (Å²) < 4.78 is 11.7. The number of nitrogens with zero attached hydrogens (tertiary/aromatic N) is 6. The number of anilines is 2. The van der Waals surface area contributed by atoms with Gasteiger partial charge in [0.2, 0.25) is 5.95 Å². The van der Waals surface area contributed by atoms with Crippen molar-refractivity contribution in [2.24, 2.45) is 0 Å². The van der Waals surface area contributed by atoms with E-state index in [1.54, 1.807) is 24.5 Å². The van der Waals surface area contributed by atoms with Crippen molar-refractivity contribution < 1.29 is 23.8 Å². The van der Waals surface area contributed by atoms with Gasteiger partial charge in [-0.15, -0.1) is 0 Å². The van der Waals surface area contributed by atoms with Crippen molar-refractivity contribution in [2.75, 3.05) is 18.4 Å². The maximum absolute atomic E-state index is 11.6. The summed E-state index contributed by atoms with van der Waals surface area (Å²) in [6.07, 6.45) is 5.20. The summed E-state index contributed by atoms with van der Waals surface area (Å²) in [7, 11) is 0. The number of benzene rings is 2. The number of rotatable bonds is 7. The summed E-state index contributed by atoms with van der Waals surface area (Å²) >= 11 is 0. The second kappa shape index (κ2) is 10.2. The van der Waals surface area contributed by atoms with Crippen LogP contribution in [0.25, 0.3) is 33.5 Å². The van der Waals surface area contributed by atoms with Crippen LogP contribution in [0.3, 0.4) is 0 Å². The number of carboxylic acid groups (broad SMARTS) is 1. The standard InChI is InChI=1S/C26H22N8O5/c35-13-21-24(32-33-31-21)19-9-16-11-28-25(29-17-3-1-2-15(8-17)23-12-27-14-38-23)30-20(16)10-22(19)39-18-4-6-34(7-5-18)26(36)37/h1-3,8-14,18H,4-7H2,(H,36,37)(H,28,29,30)(H,31,32,33). The van der Waals surface area contributed by atoms with Crippen LogP contribution in [0.4, 0.5) is 16.4 Å². The first-order chi connectivity index (χ1) is 19.1. The van der Waals surface area contributed by atoms with Gasteiger partial charge >= 0.3 is 6.09 Å². The molecule has 1 fully saturated rings. The van der Waals surface area contributed by atoms with Crippen LogP contribution >= 0.6 is 0 Å². The fourth-order valence-corrected chi connectivity index (χ4v) is 4.50. The molecule has 3 aromatic heterocycles. The zero-order valence-corrected chi connectivity index (χ0v) is 20.4. The van der Waals surface area contributed by atoms with Crippen LogP contribution in [-0.4, -0.2) is 71.9 Å². The molecule has 1 amide bonds. The van der Waals surface area contributed by atoms with E-state index < -0.39 is 6.09 Å². The molecule has 4 heterocycles. The van der Waals surface area contributed by atoms with E-state index in [9.17, 15) is 14.7 Å². The predicted octanol–water partition coefficient (Wildman–Crippen LogP) is 4.15. The van der Waals surface area contributed by atoms with Gasteiger partial charge in [0.25, 0.3) is 0 Å². The predicted molar refractivity (Wildman–Crippen MR) is 139 cm³/mol. The van der Waals surface area contributed by atoms with Crippen LogP contribution in [0, 0.1) is 0 Å². The fraction of sp³-hybridized carbons (Fsp3) is 0.192. The van der Waals surface area contributed by atoms with Gasteiger partial charge in [-0.3, -0.25) is 4.79 Å². The maximum atomic E-state index is 11.6. The number of H-pyrrole nitrogens is 1. The minimum Gasteiger partial charge on any atom is -0.490 e. The van der Waals surface area contributed by atoms with E-state index in [0.717, 1.165) is 11.3 Å². The number of amides is 1. The second-order valence-electron chi connectivity index (χ2n) is 8.93. The zero-order valence-electron chi connectivity index (χ0n) is 20.4. The Hall–Kier alpha value is -5.33. The summed E-state index contributed by atoms with van der Waals surface area (Å²) in [5, 5.41) is 23.7. The van der Waals surface area contributed by atoms with Gasteiger partial charge in [0.15, 0.2) is 24.1 Å². The lowest BCUT2D eigenvalue weighted by molar-refractivity contribution is 0.0898. The van der Waals surface area contributed by atoms with E-state index >= 15 is 0 Å². The van der Waals surface area contributed by atoms with Crippen LogP contribution in [-0.2, 0) is 0 Å². The van der Waals surface area contributed by atoms with Gasteiger partial charge in [-0.2, -0.15) is 15.4 Å². The van der Waals surface area contributed by atoms with E-state index in [4.69, 9.17) is 9.15 Å². The van der Waals surface area contributed by atoms with E-state index in [-0.39, 0.29) is 11.8 Å². The molecule has 39 heavy (non-hydrogen) atoms. The quantitative estimate of drug-likeness (QED) is 0.260. The number of aromatic amines is 1. The van der Waals surface area contributed by atoms with Crippen LogP contribution in [0.1, 0.15) is 23.3 Å². The number of likely N-dealkylation sites (tertiary alicyclic amines) is 1. The topological polar surface area (TPSA) is 172 Å². The SMILES string of the molecule is O=Cc1n[nH]nc1-c1cc2cnc(Nc3cccc(-c4cnco4)c3)nc2cc1OC1CCN(C(=O)O)CC1. The molecule has 0 aliphatic carbocycles. The summed E-state index contributed by atoms with van der Waals surface area (Å²) in [5.41, 5.74) is 3.27. The first-order valence-corrected chi connectivity index (χ1v) is 12.1. The molecule has 1 aliphatic rings. The molecule has 6 rings (SSSR count). The van der Waals surface area contributed by atoms with Crippen LogP contribution in [0.15, 0.2) is 59.6 Å². The van der Waals surface area contributed by atoms with E-state index in [1.165, 1.54) is 11.3 Å². The van der Waals surface area contributed by atoms with Crippen LogP contribution in [0.5, 0.6) is 5.75 Å². The third-order valence-electron chi connectivity index (χ3n) is 6.46. The second-order valence-corrected chi connectivity index (χ2v) is 8.93. The summed E-state index contributed by atoms with van der Waals surface area (Å²) in [5.74, 6) is 1.48. The highest BCUT2D eigenvalue weighted by molar-refractivity contribution is 5.92. The van der Waals surface area contributed by atoms with Gasteiger partial charge in [-0.25, -0.2) is 19.7 Å². The molecular weight excluding hydrogens is 504 g/mol. The monoisotopic (exact) mass is 526 g/mol. The van der Waals surface area contributed by atoms with Crippen molar-refractivity contribution in [3.05, 3.63) is 60.9 Å². The molecule has 0 bridgehead atoms. The van der Waals surface area contributed by atoms with Crippen molar-refractivity contribution in [1.82, 2.24) is 35.3 Å². The molecule has 1 aliphatic heterocycles. The molecule has 0 atom stereocenters. The first-order valence-electron chi connectivity index (χ1n) is 12.1. The number of oxazole rings is 1. The molecule has 5 aromatic rings. The number of ether oxygens (including phenoxy) is 1. The molecule has 0 unspecified atom stereocenters. The largest absolute Gasteiger partial charge is 0.490 e. The number of piperidine rings is 1. The Morgan fingerprint density at radius 3 is 2.82 bits per heavy atom. The normalized spacial score (nSPS) is 13.9. The van der Waals surface area contributed by atoms with E-state index in [0.29, 0.717) is 71.8 Å². The van der Waals surface area contributed by atoms with Gasteiger partial charge in [-0.05, 0) is 18.2 Å². The Kier molecular flexibility index (Phi) is 6.29. The van der Waals surface area contributed by atoms with Crippen molar-refractivity contribution in [3.63, 3.8) is 0 Å². The van der Waals surface area contributed by atoms with Crippen molar-refractivity contribution in [1.29, 1.82) is 0 Å². The number of aromatic nitrogens is 6. The highest BCUT2D eigenvalue weighted by Crippen LogP contribution is 2.36. The Morgan fingerprint density at radius 1 is 1.18 bits per heavy atom. The fourth-order valence-electron chi connectivity index (χ4n) is 4.50. The van der Waals surface area contributed by atoms with Gasteiger partial charge < -0.3 is 24.5 Å². The summed E-state index contributed by atoms with van der Waals surface area (Å²) in [4.78, 5) is 37.3. The van der Waals surface area contributed by atoms with Crippen molar-refractivity contribution in [3.8, 4) is 28.3 Å². The average Bonchev–Trinajstić information content (AvgIpc) is 3.66. The Morgan fingerprint density at radius 2 is 2.05 bits per heavy atom. The summed E-state index contributed by atoms with van der Waals surface area (Å²) in [6, 6.07) is 11.2. The van der Waals surface area contributed by atoms with Crippen molar-refractivity contribution in [2.45, 2.75) is 18.9 Å². The molecule has 13 heteroatoms. The Labute approximate surface area is 220 Å². The van der Waals surface area contributed by atoms with E-state index in [1.807, 2.05) is 24.3 Å². The third-order valence-corrected chi connectivity index (χ3v) is 6.46. The molecule has 0 spiro atoms. The number of hydrogen-bond donors (Lipinski definition) is 3. The minimum atomic E-state index is -0.943. The minimum absolute atomic E-state index is 0.144. The molecule has 2 aromatic carbocycles.